The van der Waals surface area contributed by atoms with E-state index in [1.165, 1.54) is 26.0 Å². The lowest BCUT2D eigenvalue weighted by Gasteiger charge is -2.06. The Morgan fingerprint density at radius 3 is 2.50 bits per heavy atom. The van der Waals surface area contributed by atoms with Crippen LogP contribution in [0.2, 0.25) is 0 Å². The van der Waals surface area contributed by atoms with Crippen LogP contribution < -0.4 is 4.74 Å². The van der Waals surface area contributed by atoms with Crippen LogP contribution in [0.1, 0.15) is 24.5 Å². The molecule has 0 N–H and O–H groups in total. The van der Waals surface area contributed by atoms with Gasteiger partial charge in [-0.2, -0.15) is 0 Å². The lowest BCUT2D eigenvalue weighted by molar-refractivity contribution is 0.386. The van der Waals surface area contributed by atoms with E-state index in [1.54, 1.807) is 6.07 Å². The largest absolute Gasteiger partial charge is 0.494 e. The van der Waals surface area contributed by atoms with Gasteiger partial charge in [-0.05, 0) is 36.6 Å². The molecule has 0 amide bonds. The highest BCUT2D eigenvalue weighted by Gasteiger charge is 2.24. The maximum Gasteiger partial charge on any atom is 0.165 e. The summed E-state index contributed by atoms with van der Waals surface area (Å²) in [5, 5.41) is 0. The van der Waals surface area contributed by atoms with Gasteiger partial charge in [0, 0.05) is 23.4 Å². The fourth-order valence-corrected chi connectivity index (χ4v) is 2.04. The van der Waals surface area contributed by atoms with Crippen molar-refractivity contribution in [1.29, 1.82) is 0 Å². The average molecular weight is 243 g/mol. The third-order valence-corrected chi connectivity index (χ3v) is 3.27. The summed E-state index contributed by atoms with van der Waals surface area (Å²) in [5.74, 6) is 0.564. The zero-order chi connectivity index (χ0) is 12.5. The first-order valence-corrected chi connectivity index (χ1v) is 6.08. The van der Waals surface area contributed by atoms with Crippen LogP contribution in [0.15, 0.2) is 36.5 Å². The SMILES string of the molecule is COc1ccc(-c2ccc(C3CC3)nc2)cc1F. The van der Waals surface area contributed by atoms with Gasteiger partial charge >= 0.3 is 0 Å². The summed E-state index contributed by atoms with van der Waals surface area (Å²) >= 11 is 0. The predicted molar refractivity (Wildman–Crippen MR) is 68.2 cm³/mol. The van der Waals surface area contributed by atoms with Crippen LogP contribution in [0.25, 0.3) is 11.1 Å². The summed E-state index contributed by atoms with van der Waals surface area (Å²) < 4.78 is 18.5. The number of ether oxygens (including phenoxy) is 1. The van der Waals surface area contributed by atoms with E-state index in [2.05, 4.69) is 4.98 Å². The first-order chi connectivity index (χ1) is 8.78. The Morgan fingerprint density at radius 1 is 1.17 bits per heavy atom. The summed E-state index contributed by atoms with van der Waals surface area (Å²) in [4.78, 5) is 4.44. The van der Waals surface area contributed by atoms with Crippen molar-refractivity contribution in [2.45, 2.75) is 18.8 Å². The highest BCUT2D eigenvalue weighted by molar-refractivity contribution is 5.63. The van der Waals surface area contributed by atoms with Crippen LogP contribution in [0.3, 0.4) is 0 Å². The van der Waals surface area contributed by atoms with Gasteiger partial charge < -0.3 is 4.74 Å². The number of pyridine rings is 1. The van der Waals surface area contributed by atoms with Crippen molar-refractivity contribution in [2.24, 2.45) is 0 Å². The quantitative estimate of drug-likeness (QED) is 0.818. The summed E-state index contributed by atoms with van der Waals surface area (Å²) in [6.45, 7) is 0. The van der Waals surface area contributed by atoms with Gasteiger partial charge in [-0.25, -0.2) is 4.39 Å². The Bertz CT molecular complexity index is 561. The van der Waals surface area contributed by atoms with Crippen LogP contribution in [-0.2, 0) is 0 Å². The zero-order valence-corrected chi connectivity index (χ0v) is 10.2. The number of hydrogen-bond acceptors (Lipinski definition) is 2. The van der Waals surface area contributed by atoms with E-state index < -0.39 is 0 Å². The minimum atomic E-state index is -0.346. The summed E-state index contributed by atoms with van der Waals surface area (Å²) in [5.41, 5.74) is 2.90. The van der Waals surface area contributed by atoms with Crippen LogP contribution in [0.5, 0.6) is 5.75 Å². The standard InChI is InChI=1S/C15H14FNO/c1-18-15-7-5-11(8-13(15)16)12-4-6-14(17-9-12)10-2-3-10/h4-10H,2-3H2,1H3. The number of methoxy groups -OCH3 is 1. The predicted octanol–water partition coefficient (Wildman–Crippen LogP) is 3.77. The molecule has 1 aromatic carbocycles. The van der Waals surface area contributed by atoms with Gasteiger partial charge in [-0.15, -0.1) is 0 Å². The first-order valence-electron chi connectivity index (χ1n) is 6.08. The molecule has 1 aliphatic rings. The van der Waals surface area contributed by atoms with Gasteiger partial charge in [0.1, 0.15) is 0 Å². The minimum absolute atomic E-state index is 0.265. The Labute approximate surface area is 105 Å². The smallest absolute Gasteiger partial charge is 0.165 e. The van der Waals surface area contributed by atoms with Gasteiger partial charge in [0.15, 0.2) is 11.6 Å². The molecule has 1 aliphatic carbocycles. The molecule has 2 nitrogen and oxygen atoms in total. The molecular weight excluding hydrogens is 229 g/mol. The van der Waals surface area contributed by atoms with Crippen molar-refractivity contribution >= 4 is 0 Å². The lowest BCUT2D eigenvalue weighted by Crippen LogP contribution is -1.90. The van der Waals surface area contributed by atoms with E-state index in [-0.39, 0.29) is 11.6 Å². The first kappa shape index (κ1) is 11.2. The maximum atomic E-state index is 13.6. The number of aromatic nitrogens is 1. The van der Waals surface area contributed by atoms with Crippen molar-refractivity contribution in [3.05, 3.63) is 48.0 Å². The van der Waals surface area contributed by atoms with Gasteiger partial charge in [0.25, 0.3) is 0 Å². The van der Waals surface area contributed by atoms with E-state index in [9.17, 15) is 4.39 Å². The van der Waals surface area contributed by atoms with E-state index >= 15 is 0 Å². The van der Waals surface area contributed by atoms with Gasteiger partial charge in [0.2, 0.25) is 0 Å². The van der Waals surface area contributed by atoms with Crippen LogP contribution in [0, 0.1) is 5.82 Å². The van der Waals surface area contributed by atoms with E-state index in [0.29, 0.717) is 5.92 Å². The molecular formula is C15H14FNO. The zero-order valence-electron chi connectivity index (χ0n) is 10.2. The van der Waals surface area contributed by atoms with Gasteiger partial charge in [-0.3, -0.25) is 4.98 Å². The average Bonchev–Trinajstić information content (AvgIpc) is 3.23. The Balaban J connectivity index is 1.91. The molecule has 2 aromatic rings. The minimum Gasteiger partial charge on any atom is -0.494 e. The molecule has 0 saturated heterocycles. The molecule has 0 bridgehead atoms. The topological polar surface area (TPSA) is 22.1 Å². The molecule has 1 saturated carbocycles. The maximum absolute atomic E-state index is 13.6. The Hall–Kier alpha value is -1.90. The van der Waals surface area contributed by atoms with Crippen LogP contribution >= 0.6 is 0 Å². The van der Waals surface area contributed by atoms with Crippen LogP contribution in [0.4, 0.5) is 4.39 Å². The molecule has 1 heterocycles. The monoisotopic (exact) mass is 243 g/mol. The third-order valence-electron chi connectivity index (χ3n) is 3.27. The molecule has 0 spiro atoms. The molecule has 1 fully saturated rings. The molecule has 0 radical (unpaired) electrons. The van der Waals surface area contributed by atoms with Gasteiger partial charge in [-0.1, -0.05) is 12.1 Å². The van der Waals surface area contributed by atoms with Crippen molar-refractivity contribution in [3.8, 4) is 16.9 Å². The molecule has 0 atom stereocenters. The number of nitrogens with zero attached hydrogens (tertiary/aromatic N) is 1. The molecule has 18 heavy (non-hydrogen) atoms. The molecule has 3 rings (SSSR count). The fraction of sp³-hybridized carbons (Fsp3) is 0.267. The molecule has 0 aliphatic heterocycles. The van der Waals surface area contributed by atoms with Crippen molar-refractivity contribution in [3.63, 3.8) is 0 Å². The van der Waals surface area contributed by atoms with Crippen molar-refractivity contribution in [1.82, 2.24) is 4.98 Å². The van der Waals surface area contributed by atoms with Crippen LogP contribution in [-0.4, -0.2) is 12.1 Å². The second-order valence-corrected chi connectivity index (χ2v) is 4.60. The normalized spacial score (nSPS) is 14.6. The highest BCUT2D eigenvalue weighted by atomic mass is 19.1. The lowest BCUT2D eigenvalue weighted by atomic mass is 10.1. The number of hydrogen-bond donors (Lipinski definition) is 0. The number of benzene rings is 1. The van der Waals surface area contributed by atoms with Crippen molar-refractivity contribution < 1.29 is 9.13 Å². The molecule has 0 unspecified atom stereocenters. The number of rotatable bonds is 3. The second-order valence-electron chi connectivity index (χ2n) is 4.60. The summed E-state index contributed by atoms with van der Waals surface area (Å²) in [6.07, 6.45) is 4.29. The van der Waals surface area contributed by atoms with E-state index in [4.69, 9.17) is 4.74 Å². The number of halogens is 1. The Morgan fingerprint density at radius 2 is 1.94 bits per heavy atom. The van der Waals surface area contributed by atoms with Crippen molar-refractivity contribution in [2.75, 3.05) is 7.11 Å². The Kier molecular flexibility index (Phi) is 2.74. The molecule has 92 valence electrons. The molecule has 1 aromatic heterocycles. The fourth-order valence-electron chi connectivity index (χ4n) is 2.04. The summed E-state index contributed by atoms with van der Waals surface area (Å²) in [6, 6.07) is 9.00. The van der Waals surface area contributed by atoms with E-state index in [1.807, 2.05) is 24.4 Å². The third kappa shape index (κ3) is 2.08. The highest BCUT2D eigenvalue weighted by Crippen LogP contribution is 2.39. The molecule has 3 heteroatoms. The second kappa shape index (κ2) is 4.41. The van der Waals surface area contributed by atoms with E-state index in [0.717, 1.165) is 16.8 Å². The summed E-state index contributed by atoms with van der Waals surface area (Å²) in [7, 11) is 1.46. The van der Waals surface area contributed by atoms with Gasteiger partial charge in [0.05, 0.1) is 7.11 Å².